The summed E-state index contributed by atoms with van der Waals surface area (Å²) in [6.45, 7) is 4.16. The van der Waals surface area contributed by atoms with Crippen molar-refractivity contribution in [3.8, 4) is 0 Å². The first kappa shape index (κ1) is 4.74. The number of hydrogen-bond donors (Lipinski definition) is 0. The van der Waals surface area contributed by atoms with Crippen LogP contribution in [0.1, 0.15) is 20.3 Å². The van der Waals surface area contributed by atoms with Gasteiger partial charge in [0.2, 0.25) is 0 Å². The van der Waals surface area contributed by atoms with Gasteiger partial charge in [0.15, 0.2) is 0 Å². The summed E-state index contributed by atoms with van der Waals surface area (Å²) in [4.78, 5) is 0. The highest BCUT2D eigenvalue weighted by atomic mass is 13.6. The van der Waals surface area contributed by atoms with Crippen molar-refractivity contribution in [2.24, 2.45) is 0 Å². The van der Waals surface area contributed by atoms with E-state index in [1.807, 2.05) is 6.92 Å². The molecule has 0 aliphatic carbocycles. The molecule has 0 aromatic carbocycles. The first-order chi connectivity index (χ1) is 2.41. The molecule has 0 aliphatic heterocycles. The standard InChI is InChI=1S/C5H10/c1-3-5-4-2/h3,5H,4H2,1-2H3/b5-3-. The van der Waals surface area contributed by atoms with E-state index in [4.69, 9.17) is 0 Å². The van der Waals surface area contributed by atoms with Crippen LogP contribution in [0, 0.1) is 0 Å². The Labute approximate surface area is 33.5 Å². The van der Waals surface area contributed by atoms with Crippen molar-refractivity contribution in [3.05, 3.63) is 12.2 Å². The summed E-state index contributed by atoms with van der Waals surface area (Å²) in [5, 5.41) is 0. The lowest BCUT2D eigenvalue weighted by Crippen LogP contribution is -1.43. The van der Waals surface area contributed by atoms with Gasteiger partial charge in [-0.25, -0.2) is 0 Å². The first-order valence-corrected chi connectivity index (χ1v) is 2.03. The third-order valence-electron chi connectivity index (χ3n) is 0.471. The maximum Gasteiger partial charge on any atom is -0.0379 e. The average Bonchev–Trinajstić information content (AvgIpc) is 1.41. The fourth-order valence-corrected chi connectivity index (χ4v) is 0.236. The van der Waals surface area contributed by atoms with Gasteiger partial charge < -0.3 is 0 Å². The predicted octanol–water partition coefficient (Wildman–Crippen LogP) is 1.97. The lowest BCUT2D eigenvalue weighted by atomic mass is 10.4. The van der Waals surface area contributed by atoms with Gasteiger partial charge in [-0.2, -0.15) is 0 Å². The second-order valence-corrected chi connectivity index (χ2v) is 0.977. The third kappa shape index (κ3) is 3.74. The van der Waals surface area contributed by atoms with Crippen molar-refractivity contribution < 1.29 is 0 Å². The minimum Gasteiger partial charge on any atom is -0.0917 e. The van der Waals surface area contributed by atoms with Crippen LogP contribution in [0.3, 0.4) is 0 Å². The Morgan fingerprint density at radius 1 is 1.60 bits per heavy atom. The van der Waals surface area contributed by atoms with Crippen molar-refractivity contribution in [1.29, 1.82) is 0 Å². The van der Waals surface area contributed by atoms with Crippen LogP contribution in [0.25, 0.3) is 0 Å². The molecule has 30 valence electrons. The first-order valence-electron chi connectivity index (χ1n) is 2.03. The summed E-state index contributed by atoms with van der Waals surface area (Å²) in [6.07, 6.45) is 5.34. The van der Waals surface area contributed by atoms with Gasteiger partial charge in [-0.3, -0.25) is 0 Å². The highest BCUT2D eigenvalue weighted by Crippen LogP contribution is 1.73. The summed E-state index contributed by atoms with van der Waals surface area (Å²) < 4.78 is 0. The Hall–Kier alpha value is -0.260. The van der Waals surface area contributed by atoms with Crippen molar-refractivity contribution in [3.63, 3.8) is 0 Å². The molecule has 0 saturated carbocycles. The summed E-state index contributed by atoms with van der Waals surface area (Å²) in [7, 11) is 0. The maximum atomic E-state index is 2.12. The van der Waals surface area contributed by atoms with E-state index >= 15 is 0 Å². The van der Waals surface area contributed by atoms with E-state index in [-0.39, 0.29) is 0 Å². The van der Waals surface area contributed by atoms with E-state index in [0.29, 0.717) is 0 Å². The lowest BCUT2D eigenvalue weighted by molar-refractivity contribution is 1.22. The molecule has 0 aliphatic rings. The highest BCUT2D eigenvalue weighted by Gasteiger charge is 1.52. The molecule has 0 bridgehead atoms. The van der Waals surface area contributed by atoms with Gasteiger partial charge in [-0.05, 0) is 13.3 Å². The van der Waals surface area contributed by atoms with Crippen molar-refractivity contribution in [2.45, 2.75) is 20.3 Å². The molecule has 0 spiro atoms. The normalized spacial score (nSPS) is 10.0. The summed E-state index contributed by atoms with van der Waals surface area (Å²) >= 11 is 0. The minimum atomic E-state index is 1.16. The molecule has 0 heteroatoms. The van der Waals surface area contributed by atoms with E-state index in [2.05, 4.69) is 19.1 Å². The molecule has 0 aromatic rings. The van der Waals surface area contributed by atoms with E-state index in [1.54, 1.807) is 0 Å². The monoisotopic (exact) mass is 70.1 g/mol. The third-order valence-corrected chi connectivity index (χ3v) is 0.471. The Balaban J connectivity index is 2.62. The Morgan fingerprint density at radius 3 is 2.20 bits per heavy atom. The number of allylic oxidation sites excluding steroid dienone is 2. The molecule has 0 fully saturated rings. The fraction of sp³-hybridized carbons (Fsp3) is 0.600. The second kappa shape index (κ2) is 3.74. The van der Waals surface area contributed by atoms with Crippen LogP contribution in [0.5, 0.6) is 0 Å². The summed E-state index contributed by atoms with van der Waals surface area (Å²) in [6, 6.07) is 0. The van der Waals surface area contributed by atoms with Crippen LogP contribution >= 0.6 is 0 Å². The van der Waals surface area contributed by atoms with Crippen LogP contribution in [0.4, 0.5) is 0 Å². The minimum absolute atomic E-state index is 1.16. The largest absolute Gasteiger partial charge is 0.0917 e. The maximum absolute atomic E-state index is 2.12. The van der Waals surface area contributed by atoms with Crippen LogP contribution in [0.15, 0.2) is 12.2 Å². The van der Waals surface area contributed by atoms with Gasteiger partial charge in [0.05, 0.1) is 0 Å². The van der Waals surface area contributed by atoms with Gasteiger partial charge in [-0.15, -0.1) is 0 Å². The highest BCUT2D eigenvalue weighted by molar-refractivity contribution is 4.73. The zero-order valence-electron chi connectivity index (χ0n) is 3.86. The van der Waals surface area contributed by atoms with Crippen LogP contribution < -0.4 is 0 Å². The second-order valence-electron chi connectivity index (χ2n) is 0.977. The van der Waals surface area contributed by atoms with E-state index in [1.165, 1.54) is 0 Å². The molecule has 0 atom stereocenters. The molecule has 0 nitrogen and oxygen atoms in total. The number of rotatable bonds is 1. The number of hydrogen-bond acceptors (Lipinski definition) is 0. The molecule has 0 radical (unpaired) electrons. The van der Waals surface area contributed by atoms with Crippen molar-refractivity contribution >= 4 is 0 Å². The molecular weight excluding hydrogens is 60.1 g/mol. The van der Waals surface area contributed by atoms with Gasteiger partial charge >= 0.3 is 0 Å². The van der Waals surface area contributed by atoms with E-state index < -0.39 is 0 Å². The SMILES string of the molecule is C/C=C\CC. The topological polar surface area (TPSA) is 0 Å². The average molecular weight is 70.1 g/mol. The van der Waals surface area contributed by atoms with Crippen LogP contribution in [-0.4, -0.2) is 0 Å². The van der Waals surface area contributed by atoms with Gasteiger partial charge in [-0.1, -0.05) is 19.1 Å². The molecule has 0 N–H and O–H groups in total. The molecule has 0 aromatic heterocycles. The van der Waals surface area contributed by atoms with Crippen LogP contribution in [-0.2, 0) is 0 Å². The van der Waals surface area contributed by atoms with Gasteiger partial charge in [0.1, 0.15) is 0 Å². The van der Waals surface area contributed by atoms with Crippen LogP contribution in [0.2, 0.25) is 0 Å². The molecular formula is C5H10. The van der Waals surface area contributed by atoms with Gasteiger partial charge in [0, 0.05) is 0 Å². The fourth-order valence-electron chi connectivity index (χ4n) is 0.236. The lowest BCUT2D eigenvalue weighted by Gasteiger charge is -1.65. The summed E-state index contributed by atoms with van der Waals surface area (Å²) in [5.41, 5.74) is 0. The molecule has 0 rings (SSSR count). The quantitative estimate of drug-likeness (QED) is 0.414. The van der Waals surface area contributed by atoms with E-state index in [9.17, 15) is 0 Å². The molecule has 0 heterocycles. The molecule has 0 unspecified atom stereocenters. The smallest absolute Gasteiger partial charge is 0.0379 e. The Kier molecular flexibility index (Phi) is 3.55. The Morgan fingerprint density at radius 2 is 2.20 bits per heavy atom. The van der Waals surface area contributed by atoms with E-state index in [0.717, 1.165) is 6.42 Å². The molecule has 0 saturated heterocycles. The Bertz CT molecular complexity index is 27.0. The van der Waals surface area contributed by atoms with Crippen molar-refractivity contribution in [1.82, 2.24) is 0 Å². The van der Waals surface area contributed by atoms with Gasteiger partial charge in [0.25, 0.3) is 0 Å². The zero-order valence-corrected chi connectivity index (χ0v) is 3.86. The summed E-state index contributed by atoms with van der Waals surface area (Å²) in [5.74, 6) is 0. The molecule has 5 heavy (non-hydrogen) atoms. The van der Waals surface area contributed by atoms with Crippen molar-refractivity contribution in [2.75, 3.05) is 0 Å². The predicted molar refractivity (Wildman–Crippen MR) is 25.1 cm³/mol. The molecule has 0 amide bonds. The zero-order chi connectivity index (χ0) is 4.12.